The molecule has 3 amide bonds. The molecule has 168 valence electrons. The Labute approximate surface area is 197 Å². The third-order valence-corrected chi connectivity index (χ3v) is 6.72. The number of non-ortho nitro benzene ring substituents is 1. The molecule has 2 fully saturated rings. The SMILES string of the molecule is O=C(NC[C@]12C=C[C@@H](O1)[C@@H]1C(=O)N(c3ccc([N+](=O)[O-])cc3)C(=O)[C@@H]12)c1ccc(Cl)cc1Cl. The lowest BCUT2D eigenvalue weighted by Crippen LogP contribution is -2.48. The van der Waals surface area contributed by atoms with Gasteiger partial charge in [-0.3, -0.25) is 24.5 Å². The van der Waals surface area contributed by atoms with E-state index in [-0.39, 0.29) is 28.5 Å². The van der Waals surface area contributed by atoms with Crippen LogP contribution in [0.25, 0.3) is 0 Å². The average Bonchev–Trinajstić information content (AvgIpc) is 3.42. The molecule has 4 atom stereocenters. The number of ether oxygens (including phenoxy) is 1. The molecular formula is C22H15Cl2N3O6. The number of nitrogens with zero attached hydrogens (tertiary/aromatic N) is 2. The quantitative estimate of drug-likeness (QED) is 0.299. The number of anilines is 1. The standard InChI is InChI=1S/C22H15Cl2N3O6/c23-11-1-6-14(15(24)9-11)19(28)25-10-22-8-7-16(33-22)17-18(22)21(30)26(20(17)29)12-2-4-13(5-3-12)27(31)32/h1-9,16-18H,10H2,(H,25,28)/t16-,17+,18-,22+/m1/s1. The van der Waals surface area contributed by atoms with Gasteiger partial charge in [-0.05, 0) is 30.3 Å². The van der Waals surface area contributed by atoms with Gasteiger partial charge in [0.05, 0.1) is 45.7 Å². The monoisotopic (exact) mass is 487 g/mol. The fourth-order valence-corrected chi connectivity index (χ4v) is 5.17. The van der Waals surface area contributed by atoms with Crippen LogP contribution in [0.3, 0.4) is 0 Å². The summed E-state index contributed by atoms with van der Waals surface area (Å²) in [6, 6.07) is 9.67. The van der Waals surface area contributed by atoms with Crippen LogP contribution < -0.4 is 10.2 Å². The maximum atomic E-state index is 13.3. The molecule has 2 aromatic rings. The molecule has 1 N–H and O–H groups in total. The van der Waals surface area contributed by atoms with Crippen LogP contribution >= 0.6 is 23.2 Å². The van der Waals surface area contributed by atoms with Gasteiger partial charge in [-0.25, -0.2) is 4.90 Å². The number of nitrogens with one attached hydrogen (secondary N) is 1. The zero-order chi connectivity index (χ0) is 23.5. The fourth-order valence-electron chi connectivity index (χ4n) is 4.67. The zero-order valence-corrected chi connectivity index (χ0v) is 18.2. The van der Waals surface area contributed by atoms with E-state index in [0.717, 1.165) is 4.90 Å². The molecule has 0 aromatic heterocycles. The number of nitro groups is 1. The maximum Gasteiger partial charge on any atom is 0.269 e. The van der Waals surface area contributed by atoms with E-state index >= 15 is 0 Å². The van der Waals surface area contributed by atoms with Crippen molar-refractivity contribution in [2.24, 2.45) is 11.8 Å². The number of carbonyl (C=O) groups is 3. The molecule has 0 unspecified atom stereocenters. The van der Waals surface area contributed by atoms with Crippen LogP contribution in [0.15, 0.2) is 54.6 Å². The van der Waals surface area contributed by atoms with Crippen molar-refractivity contribution in [1.82, 2.24) is 5.32 Å². The molecular weight excluding hydrogens is 473 g/mol. The van der Waals surface area contributed by atoms with Crippen LogP contribution in [0.1, 0.15) is 10.4 Å². The normalized spacial score (nSPS) is 27.2. The van der Waals surface area contributed by atoms with Crippen molar-refractivity contribution in [2.45, 2.75) is 11.7 Å². The molecule has 3 heterocycles. The Bertz CT molecular complexity index is 1250. The van der Waals surface area contributed by atoms with Crippen molar-refractivity contribution in [3.05, 3.63) is 80.3 Å². The highest BCUT2D eigenvalue weighted by Gasteiger charge is 2.67. The number of fused-ring (bicyclic) bond motifs is 5. The first-order valence-electron chi connectivity index (χ1n) is 9.94. The van der Waals surface area contributed by atoms with E-state index in [4.69, 9.17) is 27.9 Å². The highest BCUT2D eigenvalue weighted by molar-refractivity contribution is 6.36. The Kier molecular flexibility index (Phi) is 5.00. The van der Waals surface area contributed by atoms with E-state index in [1.54, 1.807) is 12.2 Å². The van der Waals surface area contributed by atoms with Gasteiger partial charge < -0.3 is 10.1 Å². The second-order valence-corrected chi connectivity index (χ2v) is 8.84. The van der Waals surface area contributed by atoms with E-state index in [0.29, 0.717) is 5.02 Å². The summed E-state index contributed by atoms with van der Waals surface area (Å²) < 4.78 is 6.00. The molecule has 0 spiro atoms. The van der Waals surface area contributed by atoms with Crippen molar-refractivity contribution in [3.63, 3.8) is 0 Å². The summed E-state index contributed by atoms with van der Waals surface area (Å²) in [7, 11) is 0. The first kappa shape index (κ1) is 21.6. The predicted octanol–water partition coefficient (Wildman–Crippen LogP) is 3.14. The molecule has 0 radical (unpaired) electrons. The van der Waals surface area contributed by atoms with E-state index in [2.05, 4.69) is 5.32 Å². The first-order valence-corrected chi connectivity index (χ1v) is 10.7. The van der Waals surface area contributed by atoms with Gasteiger partial charge in [0.1, 0.15) is 5.60 Å². The Morgan fingerprint density at radius 2 is 1.88 bits per heavy atom. The van der Waals surface area contributed by atoms with E-state index < -0.39 is 46.2 Å². The van der Waals surface area contributed by atoms with Crippen LogP contribution in [0.4, 0.5) is 11.4 Å². The summed E-state index contributed by atoms with van der Waals surface area (Å²) in [5.74, 6) is -2.98. The molecule has 2 aromatic carbocycles. The Morgan fingerprint density at radius 1 is 1.15 bits per heavy atom. The summed E-state index contributed by atoms with van der Waals surface area (Å²) in [6.45, 7) is -0.0495. The van der Waals surface area contributed by atoms with Crippen LogP contribution in [-0.4, -0.2) is 40.9 Å². The second-order valence-electron chi connectivity index (χ2n) is 7.99. The van der Waals surface area contributed by atoms with Crippen molar-refractivity contribution < 1.29 is 24.0 Å². The number of imide groups is 1. The number of benzene rings is 2. The minimum absolute atomic E-state index is 0.0495. The minimum Gasteiger partial charge on any atom is -0.360 e. The highest BCUT2D eigenvalue weighted by Crippen LogP contribution is 2.52. The summed E-state index contributed by atoms with van der Waals surface area (Å²) in [5, 5.41) is 14.2. The smallest absolute Gasteiger partial charge is 0.269 e. The third-order valence-electron chi connectivity index (χ3n) is 6.17. The molecule has 2 saturated heterocycles. The lowest BCUT2D eigenvalue weighted by Gasteiger charge is -2.29. The summed E-state index contributed by atoms with van der Waals surface area (Å²) in [5.41, 5.74) is -0.877. The van der Waals surface area contributed by atoms with Crippen molar-refractivity contribution >= 4 is 52.3 Å². The van der Waals surface area contributed by atoms with E-state index in [1.165, 1.54) is 42.5 Å². The molecule has 2 bridgehead atoms. The van der Waals surface area contributed by atoms with Gasteiger partial charge in [0.25, 0.3) is 11.6 Å². The van der Waals surface area contributed by atoms with E-state index in [9.17, 15) is 24.5 Å². The van der Waals surface area contributed by atoms with Gasteiger partial charge in [-0.1, -0.05) is 35.4 Å². The van der Waals surface area contributed by atoms with Crippen LogP contribution in [0, 0.1) is 22.0 Å². The average molecular weight is 488 g/mol. The minimum atomic E-state index is -1.19. The topological polar surface area (TPSA) is 119 Å². The lowest BCUT2D eigenvalue weighted by atomic mass is 9.77. The Hall–Kier alpha value is -3.27. The molecule has 3 aliphatic heterocycles. The van der Waals surface area contributed by atoms with Crippen molar-refractivity contribution in [3.8, 4) is 0 Å². The molecule has 33 heavy (non-hydrogen) atoms. The summed E-state index contributed by atoms with van der Waals surface area (Å²) in [4.78, 5) is 50.5. The largest absolute Gasteiger partial charge is 0.360 e. The van der Waals surface area contributed by atoms with Gasteiger partial charge in [0.15, 0.2) is 0 Å². The number of hydrogen-bond donors (Lipinski definition) is 1. The first-order chi connectivity index (χ1) is 15.7. The van der Waals surface area contributed by atoms with Crippen LogP contribution in [0.5, 0.6) is 0 Å². The number of halogens is 2. The fraction of sp³-hybridized carbons (Fsp3) is 0.227. The van der Waals surface area contributed by atoms with Crippen LogP contribution in [-0.2, 0) is 14.3 Å². The van der Waals surface area contributed by atoms with Gasteiger partial charge in [0.2, 0.25) is 11.8 Å². The summed E-state index contributed by atoms with van der Waals surface area (Å²) in [6.07, 6.45) is 2.81. The maximum absolute atomic E-state index is 13.3. The molecule has 0 saturated carbocycles. The number of hydrogen-bond acceptors (Lipinski definition) is 6. The molecule has 9 nitrogen and oxygen atoms in total. The lowest BCUT2D eigenvalue weighted by molar-refractivity contribution is -0.384. The number of amides is 3. The Morgan fingerprint density at radius 3 is 2.55 bits per heavy atom. The van der Waals surface area contributed by atoms with Gasteiger partial charge >= 0.3 is 0 Å². The van der Waals surface area contributed by atoms with Crippen LogP contribution in [0.2, 0.25) is 10.0 Å². The van der Waals surface area contributed by atoms with Crippen molar-refractivity contribution in [2.75, 3.05) is 11.4 Å². The number of rotatable bonds is 5. The van der Waals surface area contributed by atoms with Gasteiger partial charge in [0, 0.05) is 17.2 Å². The molecule has 5 rings (SSSR count). The third kappa shape index (κ3) is 3.31. The predicted molar refractivity (Wildman–Crippen MR) is 118 cm³/mol. The second kappa shape index (κ2) is 7.65. The summed E-state index contributed by atoms with van der Waals surface area (Å²) >= 11 is 12.0. The van der Waals surface area contributed by atoms with Gasteiger partial charge in [-0.2, -0.15) is 0 Å². The highest BCUT2D eigenvalue weighted by atomic mass is 35.5. The van der Waals surface area contributed by atoms with E-state index in [1.807, 2.05) is 0 Å². The van der Waals surface area contributed by atoms with Gasteiger partial charge in [-0.15, -0.1) is 0 Å². The number of carbonyl (C=O) groups excluding carboxylic acids is 3. The zero-order valence-electron chi connectivity index (χ0n) is 16.7. The molecule has 0 aliphatic carbocycles. The molecule has 11 heteroatoms. The number of nitro benzene ring substituents is 1. The Balaban J connectivity index is 1.39. The molecule has 3 aliphatic rings. The van der Waals surface area contributed by atoms with Crippen molar-refractivity contribution in [1.29, 1.82) is 0 Å².